The summed E-state index contributed by atoms with van der Waals surface area (Å²) < 4.78 is 0. The fourth-order valence-corrected chi connectivity index (χ4v) is 4.70. The predicted molar refractivity (Wildman–Crippen MR) is 151 cm³/mol. The molecule has 3 N–H and O–H groups in total. The number of nitrogens with one attached hydrogen (secondary N) is 3. The lowest BCUT2D eigenvalue weighted by Gasteiger charge is -2.32. The number of benzene rings is 2. The van der Waals surface area contributed by atoms with Gasteiger partial charge in [0, 0.05) is 53.9 Å². The van der Waals surface area contributed by atoms with Crippen molar-refractivity contribution in [1.29, 1.82) is 0 Å². The summed E-state index contributed by atoms with van der Waals surface area (Å²) in [7, 11) is 0. The normalized spacial score (nSPS) is 16.8. The molecule has 1 atom stereocenters. The molecule has 1 aliphatic carbocycles. The molecule has 10 heteroatoms. The van der Waals surface area contributed by atoms with Crippen molar-refractivity contribution in [3.8, 4) is 11.3 Å². The van der Waals surface area contributed by atoms with Crippen molar-refractivity contribution < 1.29 is 14.4 Å². The Labute approximate surface area is 232 Å². The second kappa shape index (κ2) is 12.3. The van der Waals surface area contributed by atoms with Crippen LogP contribution in [0.2, 0.25) is 5.02 Å². The van der Waals surface area contributed by atoms with Gasteiger partial charge < -0.3 is 20.9 Å². The van der Waals surface area contributed by atoms with Crippen LogP contribution >= 0.6 is 11.6 Å². The Bertz CT molecular complexity index is 1310. The lowest BCUT2D eigenvalue weighted by Crippen LogP contribution is -2.45. The minimum atomic E-state index is -0.228. The number of piperidine rings is 1. The summed E-state index contributed by atoms with van der Waals surface area (Å²) in [5.41, 5.74) is 2.88. The number of carbonyl (C=O) groups excluding carboxylic acids is 3. The van der Waals surface area contributed by atoms with Gasteiger partial charge in [0.2, 0.25) is 11.8 Å². The molecule has 1 unspecified atom stereocenters. The molecule has 1 aromatic heterocycles. The van der Waals surface area contributed by atoms with Gasteiger partial charge in [0.1, 0.15) is 0 Å². The summed E-state index contributed by atoms with van der Waals surface area (Å²) in [4.78, 5) is 39.2. The lowest BCUT2D eigenvalue weighted by molar-refractivity contribution is -0.125. The van der Waals surface area contributed by atoms with Gasteiger partial charge in [0.05, 0.1) is 11.6 Å². The van der Waals surface area contributed by atoms with E-state index in [1.807, 2.05) is 36.4 Å². The van der Waals surface area contributed by atoms with Crippen molar-refractivity contribution in [2.75, 3.05) is 36.4 Å². The Balaban J connectivity index is 1.05. The van der Waals surface area contributed by atoms with E-state index in [1.165, 1.54) is 0 Å². The summed E-state index contributed by atoms with van der Waals surface area (Å²) in [5, 5.41) is 18.0. The Hall–Kier alpha value is -3.98. The molecule has 3 amide bonds. The number of rotatable bonds is 9. The molecule has 1 saturated heterocycles. The summed E-state index contributed by atoms with van der Waals surface area (Å²) in [6.07, 6.45) is 3.56. The van der Waals surface area contributed by atoms with Crippen LogP contribution in [0, 0.1) is 11.8 Å². The fourth-order valence-electron chi connectivity index (χ4n) is 4.57. The number of nitrogens with zero attached hydrogens (tertiary/aromatic N) is 3. The van der Waals surface area contributed by atoms with Gasteiger partial charge in [-0.2, -0.15) is 0 Å². The number of anilines is 2. The van der Waals surface area contributed by atoms with Gasteiger partial charge in [-0.25, -0.2) is 0 Å². The van der Waals surface area contributed by atoms with Crippen LogP contribution in [-0.4, -0.2) is 54.1 Å². The Kier molecular flexibility index (Phi) is 8.36. The fraction of sp³-hybridized carbons (Fsp3) is 0.345. The second-order valence-corrected chi connectivity index (χ2v) is 10.4. The van der Waals surface area contributed by atoms with Crippen molar-refractivity contribution >= 4 is 40.8 Å². The van der Waals surface area contributed by atoms with Gasteiger partial charge in [0.25, 0.3) is 5.91 Å². The van der Waals surface area contributed by atoms with Crippen LogP contribution in [0.3, 0.4) is 0 Å². The molecule has 2 aromatic carbocycles. The Morgan fingerprint density at radius 1 is 0.821 bits per heavy atom. The molecule has 1 saturated carbocycles. The molecule has 0 spiro atoms. The first kappa shape index (κ1) is 26.6. The van der Waals surface area contributed by atoms with Crippen molar-refractivity contribution in [2.24, 2.45) is 11.8 Å². The molecule has 1 aliphatic heterocycles. The van der Waals surface area contributed by atoms with E-state index in [0.717, 1.165) is 49.3 Å². The van der Waals surface area contributed by atoms with Crippen LogP contribution in [0.15, 0.2) is 60.7 Å². The number of halogens is 1. The summed E-state index contributed by atoms with van der Waals surface area (Å²) >= 11 is 5.97. The van der Waals surface area contributed by atoms with Crippen molar-refractivity contribution in [2.45, 2.75) is 25.7 Å². The van der Waals surface area contributed by atoms with Crippen LogP contribution in [0.4, 0.5) is 11.5 Å². The third-order valence-electron chi connectivity index (χ3n) is 6.98. The molecule has 5 rings (SSSR count). The lowest BCUT2D eigenvalue weighted by atomic mass is 9.97. The first-order valence-electron chi connectivity index (χ1n) is 13.3. The van der Waals surface area contributed by atoms with E-state index in [2.05, 4.69) is 31.0 Å². The number of hydrogen-bond acceptors (Lipinski definition) is 6. The van der Waals surface area contributed by atoms with E-state index in [-0.39, 0.29) is 29.6 Å². The number of amides is 3. The van der Waals surface area contributed by atoms with E-state index in [1.54, 1.807) is 24.3 Å². The second-order valence-electron chi connectivity index (χ2n) is 9.96. The van der Waals surface area contributed by atoms with Gasteiger partial charge in [0.15, 0.2) is 5.82 Å². The highest BCUT2D eigenvalue weighted by Gasteiger charge is 2.29. The predicted octanol–water partition coefficient (Wildman–Crippen LogP) is 3.91. The maximum absolute atomic E-state index is 12.8. The zero-order valence-corrected chi connectivity index (χ0v) is 22.3. The standard InChI is InChI=1S/C29H31ClN6O3/c30-23-9-5-19(6-10-23)25-13-14-26(35-34-25)36-17-1-2-22(18-36)28(38)32-16-15-31-27(37)20-7-11-24(12-8-20)33-29(39)21-3-4-21/h5-14,21-22H,1-4,15-18H2,(H,31,37)(H,32,38)(H,33,39). The Morgan fingerprint density at radius 3 is 2.26 bits per heavy atom. The first-order valence-corrected chi connectivity index (χ1v) is 13.7. The Morgan fingerprint density at radius 2 is 1.56 bits per heavy atom. The largest absolute Gasteiger partial charge is 0.354 e. The zero-order valence-electron chi connectivity index (χ0n) is 21.5. The SMILES string of the molecule is O=C(NCCNC(=O)C1CCCN(c2ccc(-c3ccc(Cl)cc3)nn2)C1)c1ccc(NC(=O)C2CC2)cc1. The molecule has 2 aliphatic rings. The van der Waals surface area contributed by atoms with E-state index in [0.29, 0.717) is 35.9 Å². The zero-order chi connectivity index (χ0) is 27.2. The van der Waals surface area contributed by atoms with E-state index < -0.39 is 0 Å². The molecule has 0 radical (unpaired) electrons. The molecular weight excluding hydrogens is 516 g/mol. The van der Waals surface area contributed by atoms with Gasteiger partial charge in [-0.05, 0) is 74.2 Å². The number of hydrogen-bond donors (Lipinski definition) is 3. The summed E-state index contributed by atoms with van der Waals surface area (Å²) in [5.74, 6) is 0.482. The van der Waals surface area contributed by atoms with Crippen LogP contribution < -0.4 is 20.9 Å². The van der Waals surface area contributed by atoms with Gasteiger partial charge in [-0.3, -0.25) is 14.4 Å². The maximum atomic E-state index is 12.8. The van der Waals surface area contributed by atoms with Crippen LogP contribution in [0.1, 0.15) is 36.0 Å². The first-order chi connectivity index (χ1) is 19.0. The monoisotopic (exact) mass is 546 g/mol. The van der Waals surface area contributed by atoms with E-state index in [4.69, 9.17) is 11.6 Å². The average Bonchev–Trinajstić information content (AvgIpc) is 3.82. The summed E-state index contributed by atoms with van der Waals surface area (Å²) in [6.45, 7) is 2.04. The highest BCUT2D eigenvalue weighted by molar-refractivity contribution is 6.30. The van der Waals surface area contributed by atoms with Crippen molar-refractivity contribution in [3.63, 3.8) is 0 Å². The molecule has 2 fully saturated rings. The van der Waals surface area contributed by atoms with Gasteiger partial charge in [-0.1, -0.05) is 23.7 Å². The van der Waals surface area contributed by atoms with Crippen LogP contribution in [0.5, 0.6) is 0 Å². The molecule has 2 heterocycles. The average molecular weight is 547 g/mol. The van der Waals surface area contributed by atoms with Crippen LogP contribution in [-0.2, 0) is 9.59 Å². The van der Waals surface area contributed by atoms with Crippen molar-refractivity contribution in [1.82, 2.24) is 20.8 Å². The maximum Gasteiger partial charge on any atom is 0.251 e. The van der Waals surface area contributed by atoms with E-state index in [9.17, 15) is 14.4 Å². The topological polar surface area (TPSA) is 116 Å². The van der Waals surface area contributed by atoms with Gasteiger partial charge in [-0.15, -0.1) is 10.2 Å². The highest BCUT2D eigenvalue weighted by Crippen LogP contribution is 2.30. The molecule has 9 nitrogen and oxygen atoms in total. The smallest absolute Gasteiger partial charge is 0.251 e. The minimum absolute atomic E-state index is 0.0315. The third kappa shape index (κ3) is 7.11. The van der Waals surface area contributed by atoms with Gasteiger partial charge >= 0.3 is 0 Å². The summed E-state index contributed by atoms with van der Waals surface area (Å²) in [6, 6.07) is 18.1. The molecule has 202 valence electrons. The molecular formula is C29H31ClN6O3. The third-order valence-corrected chi connectivity index (χ3v) is 7.23. The van der Waals surface area contributed by atoms with Crippen LogP contribution in [0.25, 0.3) is 11.3 Å². The quantitative estimate of drug-likeness (QED) is 0.350. The van der Waals surface area contributed by atoms with E-state index >= 15 is 0 Å². The molecule has 0 bridgehead atoms. The number of aromatic nitrogens is 2. The highest BCUT2D eigenvalue weighted by atomic mass is 35.5. The molecule has 3 aromatic rings. The minimum Gasteiger partial charge on any atom is -0.354 e. The molecule has 39 heavy (non-hydrogen) atoms. The van der Waals surface area contributed by atoms with Crippen molar-refractivity contribution in [3.05, 3.63) is 71.2 Å². The number of carbonyl (C=O) groups is 3.